The quantitative estimate of drug-likeness (QED) is 0.540. The van der Waals surface area contributed by atoms with Crippen molar-refractivity contribution in [3.8, 4) is 11.1 Å². The number of benzene rings is 2. The highest BCUT2D eigenvalue weighted by atomic mass is 32.1. The van der Waals surface area contributed by atoms with Crippen molar-refractivity contribution in [3.05, 3.63) is 87.5 Å². The molecule has 3 nitrogen and oxygen atoms in total. The van der Waals surface area contributed by atoms with Crippen molar-refractivity contribution in [2.75, 3.05) is 0 Å². The zero-order valence-corrected chi connectivity index (χ0v) is 14.4. The van der Waals surface area contributed by atoms with Crippen LogP contribution in [0.1, 0.15) is 11.1 Å². The maximum absolute atomic E-state index is 13.2. The molecule has 0 fully saturated rings. The third kappa shape index (κ3) is 2.98. The van der Waals surface area contributed by atoms with E-state index in [1.807, 2.05) is 36.6 Å². The van der Waals surface area contributed by atoms with E-state index in [1.165, 1.54) is 29.0 Å². The van der Waals surface area contributed by atoms with E-state index < -0.39 is 0 Å². The molecule has 0 spiro atoms. The first kappa shape index (κ1) is 15.7. The van der Waals surface area contributed by atoms with E-state index >= 15 is 0 Å². The van der Waals surface area contributed by atoms with E-state index in [4.69, 9.17) is 0 Å². The SMILES string of the molecule is Cc1ccc(Cn2cnc3scc(-c4ccc(F)cc4)c3c2=O)cc1. The van der Waals surface area contributed by atoms with Gasteiger partial charge >= 0.3 is 0 Å². The predicted molar refractivity (Wildman–Crippen MR) is 99.6 cm³/mol. The highest BCUT2D eigenvalue weighted by Crippen LogP contribution is 2.30. The number of rotatable bonds is 3. The Morgan fingerprint density at radius 1 is 1.08 bits per heavy atom. The first-order valence-electron chi connectivity index (χ1n) is 7.90. The summed E-state index contributed by atoms with van der Waals surface area (Å²) in [5, 5.41) is 2.49. The van der Waals surface area contributed by atoms with Crippen LogP contribution < -0.4 is 5.56 Å². The second kappa shape index (κ2) is 6.26. The first-order chi connectivity index (χ1) is 12.1. The Kier molecular flexibility index (Phi) is 3.93. The van der Waals surface area contributed by atoms with Crippen LogP contribution in [0.15, 0.2) is 65.0 Å². The standard InChI is InChI=1S/C20H15FN2OS/c1-13-2-4-14(5-3-13)10-23-12-22-19-18(20(23)24)17(11-25-19)15-6-8-16(21)9-7-15/h2-9,11-12H,10H2,1H3. The summed E-state index contributed by atoms with van der Waals surface area (Å²) in [5.41, 5.74) is 3.77. The van der Waals surface area contributed by atoms with Gasteiger partial charge in [0, 0.05) is 10.9 Å². The van der Waals surface area contributed by atoms with Crippen LogP contribution in [-0.2, 0) is 6.54 Å². The van der Waals surface area contributed by atoms with E-state index in [0.717, 1.165) is 16.7 Å². The molecule has 2 aromatic heterocycles. The highest BCUT2D eigenvalue weighted by molar-refractivity contribution is 7.17. The molecule has 0 aliphatic heterocycles. The summed E-state index contributed by atoms with van der Waals surface area (Å²) >= 11 is 1.43. The second-order valence-electron chi connectivity index (χ2n) is 6.00. The minimum absolute atomic E-state index is 0.0776. The molecule has 0 unspecified atom stereocenters. The van der Waals surface area contributed by atoms with Gasteiger partial charge in [-0.05, 0) is 30.2 Å². The third-order valence-electron chi connectivity index (χ3n) is 4.19. The molecule has 0 aliphatic carbocycles. The molecule has 124 valence electrons. The lowest BCUT2D eigenvalue weighted by molar-refractivity contribution is 0.628. The Balaban J connectivity index is 1.81. The minimum Gasteiger partial charge on any atom is -0.294 e. The molecule has 25 heavy (non-hydrogen) atoms. The van der Waals surface area contributed by atoms with Gasteiger partial charge in [0.25, 0.3) is 5.56 Å². The Morgan fingerprint density at radius 2 is 1.80 bits per heavy atom. The van der Waals surface area contributed by atoms with E-state index in [0.29, 0.717) is 16.8 Å². The number of thiophene rings is 1. The van der Waals surface area contributed by atoms with Gasteiger partial charge < -0.3 is 0 Å². The number of aryl methyl sites for hydroxylation is 1. The van der Waals surface area contributed by atoms with Crippen molar-refractivity contribution < 1.29 is 4.39 Å². The van der Waals surface area contributed by atoms with Crippen LogP contribution in [0.3, 0.4) is 0 Å². The second-order valence-corrected chi connectivity index (χ2v) is 6.86. The Labute approximate surface area is 148 Å². The number of aromatic nitrogens is 2. The van der Waals surface area contributed by atoms with E-state index in [2.05, 4.69) is 4.98 Å². The summed E-state index contributed by atoms with van der Waals surface area (Å²) in [6, 6.07) is 14.3. The molecule has 0 aliphatic rings. The molecule has 0 saturated carbocycles. The van der Waals surface area contributed by atoms with Crippen LogP contribution in [0.5, 0.6) is 0 Å². The summed E-state index contributed by atoms with van der Waals surface area (Å²) in [7, 11) is 0. The van der Waals surface area contributed by atoms with Crippen molar-refractivity contribution in [3.63, 3.8) is 0 Å². The number of hydrogen-bond donors (Lipinski definition) is 0. The van der Waals surface area contributed by atoms with Crippen molar-refractivity contribution in [2.45, 2.75) is 13.5 Å². The van der Waals surface area contributed by atoms with Crippen molar-refractivity contribution in [1.82, 2.24) is 9.55 Å². The topological polar surface area (TPSA) is 34.9 Å². The predicted octanol–water partition coefficient (Wildman–Crippen LogP) is 4.62. The van der Waals surface area contributed by atoms with Gasteiger partial charge in [-0.2, -0.15) is 0 Å². The van der Waals surface area contributed by atoms with Gasteiger partial charge in [0.1, 0.15) is 10.6 Å². The molecule has 4 aromatic rings. The number of halogens is 1. The Hall–Kier alpha value is -2.79. The van der Waals surface area contributed by atoms with Gasteiger partial charge in [-0.1, -0.05) is 42.0 Å². The Morgan fingerprint density at radius 3 is 2.52 bits per heavy atom. The van der Waals surface area contributed by atoms with Gasteiger partial charge in [-0.15, -0.1) is 11.3 Å². The van der Waals surface area contributed by atoms with E-state index in [1.54, 1.807) is 23.0 Å². The number of fused-ring (bicyclic) bond motifs is 1. The highest BCUT2D eigenvalue weighted by Gasteiger charge is 2.13. The molecule has 2 aromatic carbocycles. The summed E-state index contributed by atoms with van der Waals surface area (Å²) in [4.78, 5) is 18.1. The smallest absolute Gasteiger partial charge is 0.263 e. The monoisotopic (exact) mass is 350 g/mol. The van der Waals surface area contributed by atoms with Crippen LogP contribution in [0.25, 0.3) is 21.3 Å². The fourth-order valence-electron chi connectivity index (χ4n) is 2.81. The normalized spacial score (nSPS) is 11.1. The maximum atomic E-state index is 13.2. The molecule has 0 saturated heterocycles. The first-order valence-corrected chi connectivity index (χ1v) is 8.78. The van der Waals surface area contributed by atoms with Gasteiger partial charge in [-0.25, -0.2) is 9.37 Å². The van der Waals surface area contributed by atoms with Crippen molar-refractivity contribution >= 4 is 21.6 Å². The summed E-state index contributed by atoms with van der Waals surface area (Å²) in [6.45, 7) is 2.50. The molecule has 0 atom stereocenters. The van der Waals surface area contributed by atoms with E-state index in [-0.39, 0.29) is 11.4 Å². The molecular weight excluding hydrogens is 335 g/mol. The van der Waals surface area contributed by atoms with Crippen molar-refractivity contribution in [1.29, 1.82) is 0 Å². The maximum Gasteiger partial charge on any atom is 0.263 e. The summed E-state index contributed by atoms with van der Waals surface area (Å²) in [6.07, 6.45) is 1.59. The fraction of sp³-hybridized carbons (Fsp3) is 0.100. The third-order valence-corrected chi connectivity index (χ3v) is 5.08. The van der Waals surface area contributed by atoms with Gasteiger partial charge in [0.2, 0.25) is 0 Å². The van der Waals surface area contributed by atoms with Crippen LogP contribution >= 0.6 is 11.3 Å². The number of nitrogens with zero attached hydrogens (tertiary/aromatic N) is 2. The Bertz CT molecular complexity index is 1100. The summed E-state index contributed by atoms with van der Waals surface area (Å²) < 4.78 is 14.8. The molecule has 4 rings (SSSR count). The molecule has 0 N–H and O–H groups in total. The zero-order chi connectivity index (χ0) is 17.4. The molecule has 0 bridgehead atoms. The van der Waals surface area contributed by atoms with Crippen LogP contribution in [0.2, 0.25) is 0 Å². The van der Waals surface area contributed by atoms with Crippen LogP contribution in [-0.4, -0.2) is 9.55 Å². The van der Waals surface area contributed by atoms with E-state index in [9.17, 15) is 9.18 Å². The summed E-state index contributed by atoms with van der Waals surface area (Å²) in [5.74, 6) is -0.293. The lowest BCUT2D eigenvalue weighted by atomic mass is 10.1. The van der Waals surface area contributed by atoms with Gasteiger partial charge in [-0.3, -0.25) is 9.36 Å². The molecule has 5 heteroatoms. The molecule has 0 amide bonds. The zero-order valence-electron chi connectivity index (χ0n) is 13.6. The average Bonchev–Trinajstić information content (AvgIpc) is 3.05. The van der Waals surface area contributed by atoms with Crippen LogP contribution in [0.4, 0.5) is 4.39 Å². The molecular formula is C20H15FN2OS. The lowest BCUT2D eigenvalue weighted by Gasteiger charge is -2.07. The van der Waals surface area contributed by atoms with Crippen LogP contribution in [0, 0.1) is 12.7 Å². The number of hydrogen-bond acceptors (Lipinski definition) is 3. The fourth-order valence-corrected chi connectivity index (χ4v) is 3.72. The van der Waals surface area contributed by atoms with Crippen molar-refractivity contribution in [2.24, 2.45) is 0 Å². The minimum atomic E-state index is -0.293. The molecule has 2 heterocycles. The van der Waals surface area contributed by atoms with Gasteiger partial charge in [0.05, 0.1) is 18.3 Å². The largest absolute Gasteiger partial charge is 0.294 e. The molecule has 0 radical (unpaired) electrons. The average molecular weight is 350 g/mol. The van der Waals surface area contributed by atoms with Gasteiger partial charge in [0.15, 0.2) is 0 Å². The lowest BCUT2D eigenvalue weighted by Crippen LogP contribution is -2.20.